The van der Waals surface area contributed by atoms with Gasteiger partial charge in [-0.2, -0.15) is 0 Å². The molecule has 1 aliphatic rings. The van der Waals surface area contributed by atoms with Gasteiger partial charge in [0, 0.05) is 53.7 Å². The van der Waals surface area contributed by atoms with Crippen LogP contribution in [0.25, 0.3) is 115 Å². The summed E-state index contributed by atoms with van der Waals surface area (Å²) in [6, 6.07) is 64.8. The van der Waals surface area contributed by atoms with E-state index in [0.29, 0.717) is 17.5 Å². The highest BCUT2D eigenvalue weighted by Crippen LogP contribution is 2.47. The van der Waals surface area contributed by atoms with Gasteiger partial charge < -0.3 is 4.42 Å². The molecule has 0 saturated heterocycles. The molecule has 1 atom stereocenters. The number of furan rings is 1. The van der Waals surface area contributed by atoms with Crippen LogP contribution in [0.5, 0.6) is 0 Å². The van der Waals surface area contributed by atoms with Gasteiger partial charge in [-0.3, -0.25) is 0 Å². The third-order valence-electron chi connectivity index (χ3n) is 12.7. The molecule has 0 saturated carbocycles. The lowest BCUT2D eigenvalue weighted by atomic mass is 9.85. The van der Waals surface area contributed by atoms with Gasteiger partial charge >= 0.3 is 0 Å². The van der Waals surface area contributed by atoms with Gasteiger partial charge in [0.2, 0.25) is 0 Å². The van der Waals surface area contributed by atoms with Crippen LogP contribution < -0.4 is 0 Å². The molecule has 62 heavy (non-hydrogen) atoms. The number of rotatable bonds is 5. The van der Waals surface area contributed by atoms with Gasteiger partial charge in [0.15, 0.2) is 17.5 Å². The molecule has 290 valence electrons. The van der Waals surface area contributed by atoms with Gasteiger partial charge in [0.25, 0.3) is 0 Å². The second-order valence-corrected chi connectivity index (χ2v) is 17.3. The first kappa shape index (κ1) is 35.1. The van der Waals surface area contributed by atoms with Crippen molar-refractivity contribution < 1.29 is 4.42 Å². The molecule has 0 radical (unpaired) electrons. The summed E-state index contributed by atoms with van der Waals surface area (Å²) in [6.07, 6.45) is 5.44. The molecule has 0 fully saturated rings. The molecule has 1 unspecified atom stereocenters. The Morgan fingerprint density at radius 2 is 1.13 bits per heavy atom. The smallest absolute Gasteiger partial charge is 0.164 e. The standard InChI is InChI=1S/C57H35N3OS/c1-2-14-35-31-38(28-27-34(35)13-1)55-58-56(60-57(59-55)49-33-36-15-3-4-16-39(36)41-17-5-6-18-42(41)49)46-21-8-7-19-43(46)45-23-12-25-50-53(45)47-24-11-22-40(54(47)61-50)37-29-30-52-48(32-37)44-20-9-10-26-51(44)62-52/h1-21,23-33,40H,22H2. The summed E-state index contributed by atoms with van der Waals surface area (Å²) >= 11 is 1.85. The Hall–Kier alpha value is -7.73. The molecule has 3 heterocycles. The van der Waals surface area contributed by atoms with E-state index in [9.17, 15) is 0 Å². The molecule has 5 heteroatoms. The molecular weight excluding hydrogens is 775 g/mol. The summed E-state index contributed by atoms with van der Waals surface area (Å²) in [5.41, 5.74) is 8.23. The van der Waals surface area contributed by atoms with Crippen LogP contribution in [-0.4, -0.2) is 15.0 Å². The van der Waals surface area contributed by atoms with E-state index < -0.39 is 0 Å². The minimum absolute atomic E-state index is 0.0981. The van der Waals surface area contributed by atoms with Gasteiger partial charge in [-0.05, 0) is 91.8 Å². The molecule has 4 nitrogen and oxygen atoms in total. The van der Waals surface area contributed by atoms with Crippen molar-refractivity contribution in [1.82, 2.24) is 15.0 Å². The van der Waals surface area contributed by atoms with Crippen molar-refractivity contribution in [2.45, 2.75) is 12.3 Å². The van der Waals surface area contributed by atoms with Crippen LogP contribution in [-0.2, 0) is 0 Å². The predicted octanol–water partition coefficient (Wildman–Crippen LogP) is 15.7. The van der Waals surface area contributed by atoms with E-state index in [2.05, 4.69) is 194 Å². The van der Waals surface area contributed by atoms with Crippen LogP contribution in [0.2, 0.25) is 0 Å². The van der Waals surface area contributed by atoms with Crippen LogP contribution in [0.4, 0.5) is 0 Å². The number of nitrogens with zero attached hydrogens (tertiary/aromatic N) is 3. The highest BCUT2D eigenvalue weighted by Gasteiger charge is 2.28. The van der Waals surface area contributed by atoms with Crippen molar-refractivity contribution >= 4 is 80.9 Å². The van der Waals surface area contributed by atoms with Gasteiger partial charge in [0.05, 0.1) is 0 Å². The quantitative estimate of drug-likeness (QED) is 0.163. The number of aromatic nitrogens is 3. The fourth-order valence-electron chi connectivity index (χ4n) is 9.74. The number of fused-ring (bicyclic) bond motifs is 10. The summed E-state index contributed by atoms with van der Waals surface area (Å²) in [6.45, 7) is 0. The van der Waals surface area contributed by atoms with Crippen molar-refractivity contribution in [3.63, 3.8) is 0 Å². The maximum atomic E-state index is 6.92. The van der Waals surface area contributed by atoms with E-state index in [-0.39, 0.29) is 5.92 Å². The molecule has 12 aromatic rings. The number of benzene rings is 9. The Morgan fingerprint density at radius 3 is 2.02 bits per heavy atom. The maximum Gasteiger partial charge on any atom is 0.164 e. The van der Waals surface area contributed by atoms with E-state index in [1.807, 2.05) is 11.3 Å². The highest BCUT2D eigenvalue weighted by molar-refractivity contribution is 7.25. The number of hydrogen-bond donors (Lipinski definition) is 0. The number of allylic oxidation sites excluding steroid dienone is 1. The normalized spacial score (nSPS) is 13.8. The largest absolute Gasteiger partial charge is 0.460 e. The van der Waals surface area contributed by atoms with Crippen molar-refractivity contribution in [2.24, 2.45) is 0 Å². The van der Waals surface area contributed by atoms with Crippen molar-refractivity contribution in [1.29, 1.82) is 0 Å². The molecule has 0 spiro atoms. The first-order chi connectivity index (χ1) is 30.7. The fraction of sp³-hybridized carbons (Fsp3) is 0.0351. The molecule has 9 aromatic carbocycles. The first-order valence-electron chi connectivity index (χ1n) is 21.1. The minimum Gasteiger partial charge on any atom is -0.460 e. The Bertz CT molecular complexity index is 3820. The average Bonchev–Trinajstić information content (AvgIpc) is 3.92. The van der Waals surface area contributed by atoms with E-state index >= 15 is 0 Å². The van der Waals surface area contributed by atoms with Crippen molar-refractivity contribution in [2.75, 3.05) is 0 Å². The Kier molecular flexibility index (Phi) is 7.87. The zero-order chi connectivity index (χ0) is 40.7. The van der Waals surface area contributed by atoms with Crippen molar-refractivity contribution in [3.05, 3.63) is 205 Å². The van der Waals surface area contributed by atoms with E-state index in [0.717, 1.165) is 72.7 Å². The van der Waals surface area contributed by atoms with Crippen LogP contribution in [0.15, 0.2) is 192 Å². The second kappa shape index (κ2) is 13.9. The maximum absolute atomic E-state index is 6.92. The molecule has 3 aromatic heterocycles. The number of hydrogen-bond acceptors (Lipinski definition) is 5. The zero-order valence-corrected chi connectivity index (χ0v) is 34.2. The molecule has 0 amide bonds. The van der Waals surface area contributed by atoms with E-state index in [1.54, 1.807) is 0 Å². The molecule has 1 aliphatic carbocycles. The molecule has 0 aliphatic heterocycles. The van der Waals surface area contributed by atoms with Crippen LogP contribution >= 0.6 is 11.3 Å². The topological polar surface area (TPSA) is 51.8 Å². The third-order valence-corrected chi connectivity index (χ3v) is 13.8. The minimum atomic E-state index is 0.0981. The Labute approximate surface area is 361 Å². The van der Waals surface area contributed by atoms with Crippen molar-refractivity contribution in [3.8, 4) is 45.3 Å². The Balaban J connectivity index is 1.00. The summed E-state index contributed by atoms with van der Waals surface area (Å²) in [4.78, 5) is 16.0. The van der Waals surface area contributed by atoms with E-state index in [1.165, 1.54) is 41.9 Å². The SMILES string of the molecule is C1=Cc2c(oc3cccc(-c4ccccc4-c4nc(-c5ccc6ccccc6c5)nc(-c5cc6ccccc6c6ccccc56)n4)c23)C(c2ccc3sc4ccccc4c3c2)C1. The summed E-state index contributed by atoms with van der Waals surface area (Å²) in [5, 5.41) is 10.6. The van der Waals surface area contributed by atoms with Crippen LogP contribution in [0.3, 0.4) is 0 Å². The summed E-state index contributed by atoms with van der Waals surface area (Å²) in [5.74, 6) is 2.99. The Morgan fingerprint density at radius 1 is 0.452 bits per heavy atom. The van der Waals surface area contributed by atoms with Gasteiger partial charge in [0.1, 0.15) is 11.3 Å². The lowest BCUT2D eigenvalue weighted by molar-refractivity contribution is 0.517. The van der Waals surface area contributed by atoms with Gasteiger partial charge in [-0.1, -0.05) is 158 Å². The van der Waals surface area contributed by atoms with Crippen LogP contribution in [0.1, 0.15) is 29.2 Å². The molecule has 13 rings (SSSR count). The molecule has 0 bridgehead atoms. The average molecular weight is 810 g/mol. The number of thiophene rings is 1. The zero-order valence-electron chi connectivity index (χ0n) is 33.4. The van der Waals surface area contributed by atoms with Crippen LogP contribution in [0, 0.1) is 0 Å². The monoisotopic (exact) mass is 809 g/mol. The van der Waals surface area contributed by atoms with Gasteiger partial charge in [-0.15, -0.1) is 11.3 Å². The van der Waals surface area contributed by atoms with Gasteiger partial charge in [-0.25, -0.2) is 15.0 Å². The lowest BCUT2D eigenvalue weighted by Crippen LogP contribution is -2.03. The summed E-state index contributed by atoms with van der Waals surface area (Å²) < 4.78 is 9.55. The molecule has 0 N–H and O–H groups in total. The lowest BCUT2D eigenvalue weighted by Gasteiger charge is -2.18. The highest BCUT2D eigenvalue weighted by atomic mass is 32.1. The predicted molar refractivity (Wildman–Crippen MR) is 259 cm³/mol. The second-order valence-electron chi connectivity index (χ2n) is 16.2. The first-order valence-corrected chi connectivity index (χ1v) is 21.9. The molecular formula is C57H35N3OS. The fourth-order valence-corrected chi connectivity index (χ4v) is 10.8. The summed E-state index contributed by atoms with van der Waals surface area (Å²) in [7, 11) is 0. The van der Waals surface area contributed by atoms with E-state index in [4.69, 9.17) is 19.4 Å². The third kappa shape index (κ3) is 5.56.